The summed E-state index contributed by atoms with van der Waals surface area (Å²) in [5.41, 5.74) is 5.98. The first-order valence-corrected chi connectivity index (χ1v) is 8.29. The molecule has 1 aliphatic heterocycles. The molecular weight excluding hydrogens is 296 g/mol. The van der Waals surface area contributed by atoms with Crippen molar-refractivity contribution < 1.29 is 4.74 Å². The van der Waals surface area contributed by atoms with Gasteiger partial charge >= 0.3 is 0 Å². The molecule has 2 aromatic carbocycles. The molecule has 4 rings (SSSR count). The molecule has 0 aliphatic carbocycles. The van der Waals surface area contributed by atoms with Crippen LogP contribution in [0.1, 0.15) is 18.2 Å². The van der Waals surface area contributed by atoms with E-state index in [1.807, 2.05) is 30.3 Å². The SMILES string of the molecule is CC1=NCCn2c1ccc2-c1ccc(OCc2ccccc2)cc1. The number of aromatic nitrogens is 1. The predicted octanol–water partition coefficient (Wildman–Crippen LogP) is 4.56. The standard InChI is InChI=1S/C21H20N2O/c1-16-20-11-12-21(23(20)14-13-22-16)18-7-9-19(10-8-18)24-15-17-5-3-2-4-6-17/h2-12H,13-15H2,1H3. The smallest absolute Gasteiger partial charge is 0.119 e. The summed E-state index contributed by atoms with van der Waals surface area (Å²) in [4.78, 5) is 4.52. The first kappa shape index (κ1) is 14.8. The van der Waals surface area contributed by atoms with Crippen molar-refractivity contribution in [2.75, 3.05) is 6.54 Å². The third-order valence-corrected chi connectivity index (χ3v) is 4.42. The van der Waals surface area contributed by atoms with Gasteiger partial charge in [0.2, 0.25) is 0 Å². The van der Waals surface area contributed by atoms with Gasteiger partial charge in [-0.15, -0.1) is 0 Å². The van der Waals surface area contributed by atoms with Crippen LogP contribution in [0.5, 0.6) is 5.75 Å². The van der Waals surface area contributed by atoms with Crippen molar-refractivity contribution in [3.63, 3.8) is 0 Å². The minimum absolute atomic E-state index is 0.594. The van der Waals surface area contributed by atoms with Crippen molar-refractivity contribution in [1.29, 1.82) is 0 Å². The van der Waals surface area contributed by atoms with Gasteiger partial charge in [0, 0.05) is 12.2 Å². The Bertz CT molecular complexity index is 861. The van der Waals surface area contributed by atoms with Crippen molar-refractivity contribution in [3.8, 4) is 17.0 Å². The molecule has 0 radical (unpaired) electrons. The number of aliphatic imine (C=N–C) groups is 1. The Balaban J connectivity index is 1.51. The van der Waals surface area contributed by atoms with Crippen LogP contribution in [0.2, 0.25) is 0 Å². The summed E-state index contributed by atoms with van der Waals surface area (Å²) in [6.45, 7) is 4.48. The fraction of sp³-hybridized carbons (Fsp3) is 0.190. The lowest BCUT2D eigenvalue weighted by molar-refractivity contribution is 0.306. The van der Waals surface area contributed by atoms with Crippen LogP contribution >= 0.6 is 0 Å². The molecule has 24 heavy (non-hydrogen) atoms. The molecule has 0 saturated carbocycles. The van der Waals surface area contributed by atoms with Crippen LogP contribution in [0.15, 0.2) is 71.7 Å². The normalized spacial score (nSPS) is 13.3. The minimum atomic E-state index is 0.594. The van der Waals surface area contributed by atoms with Crippen molar-refractivity contribution in [2.24, 2.45) is 4.99 Å². The van der Waals surface area contributed by atoms with Gasteiger partial charge in [-0.25, -0.2) is 0 Å². The van der Waals surface area contributed by atoms with E-state index in [-0.39, 0.29) is 0 Å². The van der Waals surface area contributed by atoms with E-state index in [0.717, 1.165) is 24.6 Å². The lowest BCUT2D eigenvalue weighted by atomic mass is 10.1. The van der Waals surface area contributed by atoms with E-state index in [9.17, 15) is 0 Å². The fourth-order valence-corrected chi connectivity index (χ4v) is 3.14. The van der Waals surface area contributed by atoms with Gasteiger partial charge < -0.3 is 9.30 Å². The highest BCUT2D eigenvalue weighted by atomic mass is 16.5. The van der Waals surface area contributed by atoms with E-state index in [0.29, 0.717) is 6.61 Å². The number of rotatable bonds is 4. The summed E-state index contributed by atoms with van der Waals surface area (Å²) in [6, 6.07) is 22.9. The van der Waals surface area contributed by atoms with Crippen LogP contribution in [0.25, 0.3) is 11.3 Å². The van der Waals surface area contributed by atoms with E-state index in [4.69, 9.17) is 4.74 Å². The van der Waals surface area contributed by atoms with Crippen molar-refractivity contribution >= 4 is 5.71 Å². The minimum Gasteiger partial charge on any atom is -0.489 e. The van der Waals surface area contributed by atoms with Gasteiger partial charge in [-0.3, -0.25) is 4.99 Å². The third-order valence-electron chi connectivity index (χ3n) is 4.42. The number of hydrogen-bond acceptors (Lipinski definition) is 2. The van der Waals surface area contributed by atoms with Gasteiger partial charge in [0.15, 0.2) is 0 Å². The van der Waals surface area contributed by atoms with Crippen LogP contribution < -0.4 is 4.74 Å². The van der Waals surface area contributed by atoms with E-state index in [2.05, 4.69) is 52.9 Å². The Morgan fingerprint density at radius 1 is 0.917 bits per heavy atom. The van der Waals surface area contributed by atoms with E-state index >= 15 is 0 Å². The van der Waals surface area contributed by atoms with Gasteiger partial charge in [0.25, 0.3) is 0 Å². The third kappa shape index (κ3) is 2.85. The number of ether oxygens (including phenoxy) is 1. The second-order valence-electron chi connectivity index (χ2n) is 6.02. The maximum absolute atomic E-state index is 5.87. The summed E-state index contributed by atoms with van der Waals surface area (Å²) in [5, 5.41) is 0. The molecule has 3 aromatic rings. The zero-order valence-corrected chi connectivity index (χ0v) is 13.8. The van der Waals surface area contributed by atoms with Crippen molar-refractivity contribution in [2.45, 2.75) is 20.1 Å². The van der Waals surface area contributed by atoms with Crippen LogP contribution in [0, 0.1) is 0 Å². The molecular formula is C21H20N2O. The average molecular weight is 316 g/mol. The van der Waals surface area contributed by atoms with E-state index in [1.54, 1.807) is 0 Å². The molecule has 0 fully saturated rings. The Kier molecular flexibility index (Phi) is 3.91. The van der Waals surface area contributed by atoms with Crippen LogP contribution in [0.4, 0.5) is 0 Å². The maximum atomic E-state index is 5.87. The van der Waals surface area contributed by atoms with Gasteiger partial charge in [-0.05, 0) is 54.4 Å². The van der Waals surface area contributed by atoms with Crippen LogP contribution in [0.3, 0.4) is 0 Å². The van der Waals surface area contributed by atoms with Gasteiger partial charge in [-0.1, -0.05) is 30.3 Å². The lowest BCUT2D eigenvalue weighted by Crippen LogP contribution is -2.16. The Hall–Kier alpha value is -2.81. The molecule has 0 N–H and O–H groups in total. The Labute approximate surface area is 142 Å². The summed E-state index contributed by atoms with van der Waals surface area (Å²) in [7, 11) is 0. The molecule has 0 bridgehead atoms. The lowest BCUT2D eigenvalue weighted by Gasteiger charge is -2.17. The van der Waals surface area contributed by atoms with Crippen molar-refractivity contribution in [1.82, 2.24) is 4.57 Å². The fourth-order valence-electron chi connectivity index (χ4n) is 3.14. The predicted molar refractivity (Wildman–Crippen MR) is 97.7 cm³/mol. The Morgan fingerprint density at radius 3 is 2.46 bits per heavy atom. The summed E-state index contributed by atoms with van der Waals surface area (Å²) in [6.07, 6.45) is 0. The molecule has 0 amide bonds. The maximum Gasteiger partial charge on any atom is 0.119 e. The largest absolute Gasteiger partial charge is 0.489 e. The van der Waals surface area contributed by atoms with Crippen LogP contribution in [-0.2, 0) is 13.2 Å². The highest BCUT2D eigenvalue weighted by molar-refractivity contribution is 5.98. The molecule has 0 spiro atoms. The molecule has 0 atom stereocenters. The van der Waals surface area contributed by atoms with Crippen LogP contribution in [-0.4, -0.2) is 16.8 Å². The first-order valence-electron chi connectivity index (χ1n) is 8.29. The highest BCUT2D eigenvalue weighted by Crippen LogP contribution is 2.27. The number of nitrogens with zero attached hydrogens (tertiary/aromatic N) is 2. The van der Waals surface area contributed by atoms with E-state index < -0.39 is 0 Å². The zero-order chi connectivity index (χ0) is 16.4. The monoisotopic (exact) mass is 316 g/mol. The number of hydrogen-bond donors (Lipinski definition) is 0. The summed E-state index contributed by atoms with van der Waals surface area (Å²) in [5.74, 6) is 0.894. The molecule has 2 heterocycles. The average Bonchev–Trinajstić information content (AvgIpc) is 3.07. The Morgan fingerprint density at radius 2 is 1.67 bits per heavy atom. The summed E-state index contributed by atoms with van der Waals surface area (Å²) < 4.78 is 8.22. The zero-order valence-electron chi connectivity index (χ0n) is 13.8. The molecule has 1 aromatic heterocycles. The second kappa shape index (κ2) is 6.36. The van der Waals surface area contributed by atoms with E-state index in [1.165, 1.54) is 22.5 Å². The molecule has 0 saturated heterocycles. The molecule has 3 nitrogen and oxygen atoms in total. The molecule has 3 heteroatoms. The number of fused-ring (bicyclic) bond motifs is 1. The highest BCUT2D eigenvalue weighted by Gasteiger charge is 2.14. The topological polar surface area (TPSA) is 26.5 Å². The van der Waals surface area contributed by atoms with Crippen molar-refractivity contribution in [3.05, 3.63) is 78.0 Å². The quantitative estimate of drug-likeness (QED) is 0.693. The molecule has 120 valence electrons. The molecule has 1 aliphatic rings. The molecule has 0 unspecified atom stereocenters. The van der Waals surface area contributed by atoms with Gasteiger partial charge in [0.05, 0.1) is 18.0 Å². The number of benzene rings is 2. The van der Waals surface area contributed by atoms with Gasteiger partial charge in [-0.2, -0.15) is 0 Å². The summed E-state index contributed by atoms with van der Waals surface area (Å²) >= 11 is 0. The first-order chi connectivity index (χ1) is 11.8. The van der Waals surface area contributed by atoms with Gasteiger partial charge in [0.1, 0.15) is 12.4 Å². The second-order valence-corrected chi connectivity index (χ2v) is 6.02.